The van der Waals surface area contributed by atoms with Gasteiger partial charge in [-0.3, -0.25) is 14.6 Å². The van der Waals surface area contributed by atoms with E-state index in [1.807, 2.05) is 24.3 Å². The van der Waals surface area contributed by atoms with Gasteiger partial charge in [-0.1, -0.05) is 24.3 Å². The van der Waals surface area contributed by atoms with Crippen molar-refractivity contribution in [2.75, 3.05) is 10.6 Å². The highest BCUT2D eigenvalue weighted by Gasteiger charge is 2.28. The molecule has 0 saturated heterocycles. The van der Waals surface area contributed by atoms with Crippen LogP contribution in [0.4, 0.5) is 11.4 Å². The van der Waals surface area contributed by atoms with E-state index in [1.54, 1.807) is 42.6 Å². The third-order valence-electron chi connectivity index (χ3n) is 4.25. The lowest BCUT2D eigenvalue weighted by molar-refractivity contribution is -0.122. The van der Waals surface area contributed by atoms with Crippen LogP contribution >= 0.6 is 0 Å². The van der Waals surface area contributed by atoms with Crippen molar-refractivity contribution in [3.8, 4) is 5.75 Å². The lowest BCUT2D eigenvalue weighted by atomic mass is 10.1. The number of fused-ring (bicyclic) bond motifs is 1. The smallest absolute Gasteiger partial charge is 0.265 e. The van der Waals surface area contributed by atoms with Crippen LogP contribution in [0.15, 0.2) is 73.1 Å². The summed E-state index contributed by atoms with van der Waals surface area (Å²) >= 11 is 0. The Kier molecular flexibility index (Phi) is 4.53. The summed E-state index contributed by atoms with van der Waals surface area (Å²) in [4.78, 5) is 28.7. The van der Waals surface area contributed by atoms with Crippen molar-refractivity contribution < 1.29 is 14.3 Å². The second-order valence-electron chi connectivity index (χ2n) is 6.18. The SMILES string of the molecule is O=C(Nc1cccc(NC(=O)[C@@H]2Cc3ccccc3O2)c1)c1cccnc1. The summed E-state index contributed by atoms with van der Waals surface area (Å²) in [6.07, 6.45) is 3.09. The molecule has 0 spiro atoms. The lowest BCUT2D eigenvalue weighted by Crippen LogP contribution is -2.31. The molecule has 1 atom stereocenters. The van der Waals surface area contributed by atoms with Crippen LogP contribution in [0.25, 0.3) is 0 Å². The Hall–Kier alpha value is -3.67. The molecule has 4 rings (SSSR count). The van der Waals surface area contributed by atoms with Crippen LogP contribution in [0, 0.1) is 0 Å². The standard InChI is InChI=1S/C21H17N3O3/c25-20(15-6-4-10-22-13-15)23-16-7-3-8-17(12-16)24-21(26)19-11-14-5-1-2-9-18(14)27-19/h1-10,12-13,19H,11H2,(H,23,25)(H,24,26)/t19-/m0/s1. The summed E-state index contributed by atoms with van der Waals surface area (Å²) in [5.74, 6) is 0.262. The number of carbonyl (C=O) groups is 2. The number of benzene rings is 2. The molecule has 0 aliphatic carbocycles. The molecule has 0 fully saturated rings. The molecule has 2 amide bonds. The molecule has 6 nitrogen and oxygen atoms in total. The molecule has 2 N–H and O–H groups in total. The minimum Gasteiger partial charge on any atom is -0.480 e. The maximum Gasteiger partial charge on any atom is 0.265 e. The molecule has 0 saturated carbocycles. The number of hydrogen-bond donors (Lipinski definition) is 2. The number of amides is 2. The van der Waals surface area contributed by atoms with Gasteiger partial charge in [-0.2, -0.15) is 0 Å². The Balaban J connectivity index is 1.41. The quantitative estimate of drug-likeness (QED) is 0.749. The molecule has 1 aliphatic rings. The Morgan fingerprint density at radius 3 is 2.56 bits per heavy atom. The normalized spacial score (nSPS) is 14.7. The summed E-state index contributed by atoms with van der Waals surface area (Å²) in [5, 5.41) is 5.64. The van der Waals surface area contributed by atoms with Gasteiger partial charge in [0.2, 0.25) is 0 Å². The van der Waals surface area contributed by atoms with Crippen LogP contribution in [0.2, 0.25) is 0 Å². The van der Waals surface area contributed by atoms with E-state index in [9.17, 15) is 9.59 Å². The first-order chi connectivity index (χ1) is 13.2. The van der Waals surface area contributed by atoms with Crippen LogP contribution < -0.4 is 15.4 Å². The largest absolute Gasteiger partial charge is 0.480 e. The molecule has 3 aromatic rings. The highest BCUT2D eigenvalue weighted by atomic mass is 16.5. The van der Waals surface area contributed by atoms with Gasteiger partial charge in [-0.25, -0.2) is 0 Å². The van der Waals surface area contributed by atoms with Crippen LogP contribution in [-0.4, -0.2) is 22.9 Å². The van der Waals surface area contributed by atoms with Crippen molar-refractivity contribution in [1.29, 1.82) is 0 Å². The summed E-state index contributed by atoms with van der Waals surface area (Å²) < 4.78 is 5.70. The number of nitrogens with one attached hydrogen (secondary N) is 2. The van der Waals surface area contributed by atoms with E-state index in [1.165, 1.54) is 6.20 Å². The summed E-state index contributed by atoms with van der Waals surface area (Å²) in [5.41, 5.74) is 2.65. The molecule has 1 aliphatic heterocycles. The van der Waals surface area contributed by atoms with Crippen molar-refractivity contribution in [2.24, 2.45) is 0 Å². The molecule has 6 heteroatoms. The van der Waals surface area contributed by atoms with Gasteiger partial charge in [0, 0.05) is 30.2 Å². The predicted octanol–water partition coefficient (Wildman–Crippen LogP) is 3.28. The van der Waals surface area contributed by atoms with Gasteiger partial charge in [0.05, 0.1) is 5.56 Å². The van der Waals surface area contributed by atoms with Gasteiger partial charge in [0.25, 0.3) is 11.8 Å². The zero-order valence-corrected chi connectivity index (χ0v) is 14.4. The monoisotopic (exact) mass is 359 g/mol. The van der Waals surface area contributed by atoms with Crippen LogP contribution in [-0.2, 0) is 11.2 Å². The van der Waals surface area contributed by atoms with Crippen LogP contribution in [0.3, 0.4) is 0 Å². The van der Waals surface area contributed by atoms with E-state index >= 15 is 0 Å². The molecule has 0 unspecified atom stereocenters. The minimum atomic E-state index is -0.559. The first kappa shape index (κ1) is 16.8. The molecule has 1 aromatic heterocycles. The highest BCUT2D eigenvalue weighted by Crippen LogP contribution is 2.28. The van der Waals surface area contributed by atoms with Gasteiger partial charge in [-0.05, 0) is 42.0 Å². The maximum atomic E-state index is 12.5. The lowest BCUT2D eigenvalue weighted by Gasteiger charge is -2.12. The second-order valence-corrected chi connectivity index (χ2v) is 6.18. The first-order valence-electron chi connectivity index (χ1n) is 8.56. The van der Waals surface area contributed by atoms with E-state index in [0.717, 1.165) is 11.3 Å². The van der Waals surface area contributed by atoms with E-state index in [0.29, 0.717) is 23.4 Å². The minimum absolute atomic E-state index is 0.220. The Labute approximate surface area is 156 Å². The van der Waals surface area contributed by atoms with E-state index in [2.05, 4.69) is 15.6 Å². The number of para-hydroxylation sites is 1. The number of aromatic nitrogens is 1. The molecule has 2 aromatic carbocycles. The summed E-state index contributed by atoms with van der Waals surface area (Å²) in [7, 11) is 0. The fraction of sp³-hybridized carbons (Fsp3) is 0.0952. The molecule has 134 valence electrons. The van der Waals surface area contributed by atoms with Crippen LogP contribution in [0.1, 0.15) is 15.9 Å². The third-order valence-corrected chi connectivity index (χ3v) is 4.25. The van der Waals surface area contributed by atoms with E-state index in [4.69, 9.17) is 4.74 Å². The summed E-state index contributed by atoms with van der Waals surface area (Å²) in [6, 6.07) is 18.0. The van der Waals surface area contributed by atoms with E-state index in [-0.39, 0.29) is 11.8 Å². The van der Waals surface area contributed by atoms with Gasteiger partial charge in [-0.15, -0.1) is 0 Å². The topological polar surface area (TPSA) is 80.3 Å². The van der Waals surface area contributed by atoms with Crippen molar-refractivity contribution in [3.63, 3.8) is 0 Å². The second kappa shape index (κ2) is 7.29. The Morgan fingerprint density at radius 2 is 1.78 bits per heavy atom. The zero-order valence-electron chi connectivity index (χ0n) is 14.4. The van der Waals surface area contributed by atoms with Crippen molar-refractivity contribution in [2.45, 2.75) is 12.5 Å². The van der Waals surface area contributed by atoms with E-state index < -0.39 is 6.10 Å². The van der Waals surface area contributed by atoms with Crippen molar-refractivity contribution in [3.05, 3.63) is 84.2 Å². The molecule has 0 bridgehead atoms. The molecular weight excluding hydrogens is 342 g/mol. The highest BCUT2D eigenvalue weighted by molar-refractivity contribution is 6.04. The number of carbonyl (C=O) groups excluding carboxylic acids is 2. The fourth-order valence-electron chi connectivity index (χ4n) is 2.93. The maximum absolute atomic E-state index is 12.5. The average molecular weight is 359 g/mol. The average Bonchev–Trinajstić information content (AvgIpc) is 3.13. The number of pyridine rings is 1. The number of nitrogens with zero attached hydrogens (tertiary/aromatic N) is 1. The molecule has 2 heterocycles. The van der Waals surface area contributed by atoms with Gasteiger partial charge >= 0.3 is 0 Å². The van der Waals surface area contributed by atoms with Gasteiger partial charge in [0.1, 0.15) is 5.75 Å². The number of anilines is 2. The third kappa shape index (κ3) is 3.79. The van der Waals surface area contributed by atoms with Crippen molar-refractivity contribution >= 4 is 23.2 Å². The molecule has 0 radical (unpaired) electrons. The van der Waals surface area contributed by atoms with Crippen LogP contribution in [0.5, 0.6) is 5.75 Å². The van der Waals surface area contributed by atoms with Crippen molar-refractivity contribution in [1.82, 2.24) is 4.98 Å². The summed E-state index contributed by atoms with van der Waals surface area (Å²) in [6.45, 7) is 0. The fourth-order valence-corrected chi connectivity index (χ4v) is 2.93. The molecule has 27 heavy (non-hydrogen) atoms. The Bertz CT molecular complexity index is 964. The zero-order chi connectivity index (χ0) is 18.6. The number of rotatable bonds is 4. The molecular formula is C21H17N3O3. The van der Waals surface area contributed by atoms with Gasteiger partial charge in [0.15, 0.2) is 6.10 Å². The Morgan fingerprint density at radius 1 is 0.963 bits per heavy atom. The number of ether oxygens (including phenoxy) is 1. The van der Waals surface area contributed by atoms with Gasteiger partial charge < -0.3 is 15.4 Å². The first-order valence-corrected chi connectivity index (χ1v) is 8.56. The predicted molar refractivity (Wildman–Crippen MR) is 102 cm³/mol. The number of hydrogen-bond acceptors (Lipinski definition) is 4.